The van der Waals surface area contributed by atoms with Crippen LogP contribution in [0.5, 0.6) is 11.5 Å². The summed E-state index contributed by atoms with van der Waals surface area (Å²) in [4.78, 5) is 24.2. The van der Waals surface area contributed by atoms with Crippen molar-refractivity contribution in [2.45, 2.75) is 36.4 Å². The van der Waals surface area contributed by atoms with Gasteiger partial charge in [-0.1, -0.05) is 6.07 Å². The second-order valence-electron chi connectivity index (χ2n) is 6.72. The predicted molar refractivity (Wildman–Crippen MR) is 88.7 cm³/mol. The fourth-order valence-electron chi connectivity index (χ4n) is 3.74. The minimum atomic E-state index is -1.72. The first kappa shape index (κ1) is 17.8. The predicted octanol–water partition coefficient (Wildman–Crippen LogP) is -2.61. The maximum absolute atomic E-state index is 12.4. The fourth-order valence-corrected chi connectivity index (χ4v) is 3.74. The number of aromatic amines is 1. The summed E-state index contributed by atoms with van der Waals surface area (Å²) < 4.78 is 12.2. The Kier molecular flexibility index (Phi) is 4.11. The van der Waals surface area contributed by atoms with Crippen molar-refractivity contribution in [2.75, 3.05) is 6.79 Å². The van der Waals surface area contributed by atoms with Crippen LogP contribution in [0.4, 0.5) is 0 Å². The van der Waals surface area contributed by atoms with Crippen LogP contribution in [-0.4, -0.2) is 66.0 Å². The summed E-state index contributed by atoms with van der Waals surface area (Å²) in [6, 6.07) is 3.52. The molecule has 11 heteroatoms. The van der Waals surface area contributed by atoms with Gasteiger partial charge in [0.1, 0.15) is 18.3 Å². The molecule has 0 amide bonds. The van der Waals surface area contributed by atoms with E-state index in [0.717, 1.165) is 9.25 Å². The number of hydrogen-bond donors (Lipinski definition) is 5. The van der Waals surface area contributed by atoms with Gasteiger partial charge in [-0.05, 0) is 17.7 Å². The minimum Gasteiger partial charge on any atom is -0.454 e. The quantitative estimate of drug-likeness (QED) is 0.378. The van der Waals surface area contributed by atoms with E-state index in [1.54, 1.807) is 18.2 Å². The maximum Gasteiger partial charge on any atom is 0.347 e. The first-order valence-electron chi connectivity index (χ1n) is 8.30. The van der Waals surface area contributed by atoms with Crippen molar-refractivity contribution in [3.05, 3.63) is 44.7 Å². The van der Waals surface area contributed by atoms with Crippen LogP contribution in [0.3, 0.4) is 0 Å². The lowest BCUT2D eigenvalue weighted by Crippen LogP contribution is -2.59. The molecule has 6 atom stereocenters. The van der Waals surface area contributed by atoms with E-state index in [4.69, 9.17) is 9.47 Å². The SMILES string of the molecule is Cn1c(=O)[nH]n([C@H]2[C@H](O)[C@H](O)[C@@H](O)[C@H](O)[C@@H]2c2ccc3c(c2)OCO3)c1=O. The summed E-state index contributed by atoms with van der Waals surface area (Å²) in [6.07, 6.45) is -6.53. The summed E-state index contributed by atoms with van der Waals surface area (Å²) in [5, 5.41) is 43.8. The van der Waals surface area contributed by atoms with E-state index in [2.05, 4.69) is 5.10 Å². The van der Waals surface area contributed by atoms with Gasteiger partial charge < -0.3 is 29.9 Å². The van der Waals surface area contributed by atoms with Crippen molar-refractivity contribution >= 4 is 0 Å². The molecule has 1 fully saturated rings. The molecule has 1 aliphatic heterocycles. The van der Waals surface area contributed by atoms with Crippen LogP contribution < -0.4 is 20.9 Å². The zero-order valence-corrected chi connectivity index (χ0v) is 14.2. The zero-order chi connectivity index (χ0) is 19.5. The molecule has 2 aliphatic rings. The molecule has 0 spiro atoms. The van der Waals surface area contributed by atoms with E-state index in [-0.39, 0.29) is 6.79 Å². The first-order valence-corrected chi connectivity index (χ1v) is 8.30. The Bertz CT molecular complexity index is 979. The lowest BCUT2D eigenvalue weighted by Gasteiger charge is -2.44. The topological polar surface area (TPSA) is 159 Å². The van der Waals surface area contributed by atoms with Crippen molar-refractivity contribution < 1.29 is 29.9 Å². The van der Waals surface area contributed by atoms with Gasteiger partial charge in [0.25, 0.3) is 0 Å². The Morgan fingerprint density at radius 2 is 1.67 bits per heavy atom. The highest BCUT2D eigenvalue weighted by atomic mass is 16.7. The van der Waals surface area contributed by atoms with Gasteiger partial charge in [0, 0.05) is 13.0 Å². The summed E-state index contributed by atoms with van der Waals surface area (Å²) >= 11 is 0. The van der Waals surface area contributed by atoms with Crippen molar-refractivity contribution in [3.8, 4) is 11.5 Å². The monoisotopic (exact) mass is 381 g/mol. The van der Waals surface area contributed by atoms with Crippen LogP contribution in [0.2, 0.25) is 0 Å². The third kappa shape index (κ3) is 2.58. The van der Waals surface area contributed by atoms with Gasteiger partial charge >= 0.3 is 11.4 Å². The van der Waals surface area contributed by atoms with Crippen molar-refractivity contribution in [1.29, 1.82) is 0 Å². The highest BCUT2D eigenvalue weighted by Gasteiger charge is 2.51. The summed E-state index contributed by atoms with van der Waals surface area (Å²) in [5.41, 5.74) is -1.05. The van der Waals surface area contributed by atoms with Gasteiger partial charge in [0.2, 0.25) is 6.79 Å². The number of nitrogens with zero attached hydrogens (tertiary/aromatic N) is 2. The van der Waals surface area contributed by atoms with E-state index in [1.165, 1.54) is 7.05 Å². The van der Waals surface area contributed by atoms with Gasteiger partial charge in [0.15, 0.2) is 11.5 Å². The second-order valence-corrected chi connectivity index (χ2v) is 6.72. The average Bonchev–Trinajstić information content (AvgIpc) is 3.22. The number of rotatable bonds is 2. The van der Waals surface area contributed by atoms with Crippen LogP contribution in [0.1, 0.15) is 17.5 Å². The lowest BCUT2D eigenvalue weighted by atomic mass is 9.73. The number of hydrogen-bond acceptors (Lipinski definition) is 8. The molecule has 0 bridgehead atoms. The summed E-state index contributed by atoms with van der Waals surface area (Å²) in [7, 11) is 1.25. The van der Waals surface area contributed by atoms with E-state index in [1.807, 2.05) is 0 Å². The molecule has 1 saturated carbocycles. The van der Waals surface area contributed by atoms with Gasteiger partial charge in [-0.25, -0.2) is 23.9 Å². The van der Waals surface area contributed by atoms with Crippen LogP contribution >= 0.6 is 0 Å². The van der Waals surface area contributed by atoms with Crippen molar-refractivity contribution in [1.82, 2.24) is 14.3 Å². The largest absolute Gasteiger partial charge is 0.454 e. The van der Waals surface area contributed by atoms with Gasteiger partial charge in [-0.15, -0.1) is 0 Å². The fraction of sp³-hybridized carbons (Fsp3) is 0.500. The van der Waals surface area contributed by atoms with E-state index >= 15 is 0 Å². The molecule has 1 aromatic heterocycles. The molecule has 0 saturated heterocycles. The number of benzene rings is 1. The average molecular weight is 381 g/mol. The molecular formula is C16H19N3O8. The van der Waals surface area contributed by atoms with Crippen LogP contribution in [0, 0.1) is 0 Å². The molecular weight excluding hydrogens is 362 g/mol. The Morgan fingerprint density at radius 1 is 1.00 bits per heavy atom. The number of ether oxygens (including phenoxy) is 2. The second kappa shape index (κ2) is 6.23. The normalized spacial score (nSPS) is 32.6. The molecule has 1 aliphatic carbocycles. The number of aliphatic hydroxyl groups excluding tert-OH is 4. The molecule has 4 rings (SSSR count). The molecule has 0 radical (unpaired) electrons. The van der Waals surface area contributed by atoms with E-state index in [0.29, 0.717) is 17.1 Å². The van der Waals surface area contributed by atoms with Crippen molar-refractivity contribution in [3.63, 3.8) is 0 Å². The maximum atomic E-state index is 12.4. The molecule has 146 valence electrons. The zero-order valence-electron chi connectivity index (χ0n) is 14.2. The van der Waals surface area contributed by atoms with E-state index in [9.17, 15) is 30.0 Å². The smallest absolute Gasteiger partial charge is 0.347 e. The first-order chi connectivity index (χ1) is 12.8. The molecule has 11 nitrogen and oxygen atoms in total. The standard InChI is InChI=1S/C16H19N3O8/c1-18-15(24)17-19(16(18)25)10-9(11(20)13(22)14(23)12(10)21)6-2-3-7-8(4-6)27-5-26-7/h2-4,9-14,20-23H,5H2,1H3,(H,17,24)/t9-,10-,11-,12+,13+,14+/m1/s1. The van der Waals surface area contributed by atoms with Crippen LogP contribution in [0.25, 0.3) is 0 Å². The molecule has 5 N–H and O–H groups in total. The van der Waals surface area contributed by atoms with Gasteiger partial charge in [-0.2, -0.15) is 0 Å². The molecule has 2 aromatic rings. The van der Waals surface area contributed by atoms with Gasteiger partial charge in [-0.3, -0.25) is 0 Å². The Morgan fingerprint density at radius 3 is 2.33 bits per heavy atom. The van der Waals surface area contributed by atoms with Crippen LogP contribution in [0.15, 0.2) is 27.8 Å². The van der Waals surface area contributed by atoms with E-state index < -0.39 is 47.8 Å². The Labute approximate surface area is 151 Å². The highest BCUT2D eigenvalue weighted by molar-refractivity contribution is 5.46. The highest BCUT2D eigenvalue weighted by Crippen LogP contribution is 2.43. The Hall–Kier alpha value is -2.60. The number of fused-ring (bicyclic) bond motifs is 1. The number of nitrogens with one attached hydrogen (secondary N) is 1. The Balaban J connectivity index is 1.87. The molecule has 2 heterocycles. The number of aromatic nitrogens is 3. The number of H-pyrrole nitrogens is 1. The van der Waals surface area contributed by atoms with Crippen molar-refractivity contribution in [2.24, 2.45) is 7.05 Å². The number of aliphatic hydroxyl groups is 4. The lowest BCUT2D eigenvalue weighted by molar-refractivity contribution is -0.165. The van der Waals surface area contributed by atoms with Gasteiger partial charge in [0.05, 0.1) is 12.1 Å². The third-order valence-corrected chi connectivity index (χ3v) is 5.23. The molecule has 27 heavy (non-hydrogen) atoms. The summed E-state index contributed by atoms with van der Waals surface area (Å²) in [6.45, 7) is 0.0326. The minimum absolute atomic E-state index is 0.0326. The van der Waals surface area contributed by atoms with Crippen LogP contribution in [-0.2, 0) is 7.05 Å². The molecule has 0 unspecified atom stereocenters. The molecule has 1 aromatic carbocycles. The third-order valence-electron chi connectivity index (χ3n) is 5.23. The summed E-state index contributed by atoms with van der Waals surface area (Å²) in [5.74, 6) is -0.127.